The Labute approximate surface area is 123 Å². The van der Waals surface area contributed by atoms with Crippen LogP contribution in [0.1, 0.15) is 60.6 Å². The monoisotopic (exact) mass is 294 g/mol. The van der Waals surface area contributed by atoms with Crippen molar-refractivity contribution in [1.82, 2.24) is 0 Å². The van der Waals surface area contributed by atoms with Crippen LogP contribution < -0.4 is 0 Å². The standard InChI is InChI=1S/C16H19ClO3/c17-15-8-13-10(3-6-12(13)16(19)20)7-14(15)9-1-4-11(18)5-2-9/h7-9,11-12,18H,1-6H2,(H,19,20)/t9?,11?,12-/m0/s1. The SMILES string of the molecule is O=C(O)[C@H]1CCc2cc(C3CCC(O)CC3)c(Cl)cc21. The van der Waals surface area contributed by atoms with Crippen LogP contribution in [0.2, 0.25) is 5.02 Å². The van der Waals surface area contributed by atoms with Crippen molar-refractivity contribution >= 4 is 17.6 Å². The lowest BCUT2D eigenvalue weighted by molar-refractivity contribution is -0.138. The molecule has 1 atom stereocenters. The Balaban J connectivity index is 1.90. The molecule has 3 rings (SSSR count). The highest BCUT2D eigenvalue weighted by molar-refractivity contribution is 6.31. The van der Waals surface area contributed by atoms with Gasteiger partial charge in [0.15, 0.2) is 0 Å². The molecule has 108 valence electrons. The summed E-state index contributed by atoms with van der Waals surface area (Å²) in [4.78, 5) is 11.2. The second kappa shape index (κ2) is 5.38. The van der Waals surface area contributed by atoms with Crippen LogP contribution in [-0.4, -0.2) is 22.3 Å². The van der Waals surface area contributed by atoms with Gasteiger partial charge in [-0.1, -0.05) is 17.7 Å². The number of carboxylic acids is 1. The maximum absolute atomic E-state index is 11.2. The van der Waals surface area contributed by atoms with Gasteiger partial charge < -0.3 is 10.2 Å². The first-order valence-corrected chi connectivity index (χ1v) is 7.67. The molecule has 0 aromatic heterocycles. The topological polar surface area (TPSA) is 57.5 Å². The lowest BCUT2D eigenvalue weighted by atomic mass is 9.82. The zero-order valence-electron chi connectivity index (χ0n) is 11.3. The Morgan fingerprint density at radius 1 is 1.10 bits per heavy atom. The van der Waals surface area contributed by atoms with Gasteiger partial charge in [0.1, 0.15) is 0 Å². The minimum atomic E-state index is -0.756. The summed E-state index contributed by atoms with van der Waals surface area (Å²) < 4.78 is 0. The molecule has 3 nitrogen and oxygen atoms in total. The Morgan fingerprint density at radius 2 is 1.80 bits per heavy atom. The molecular formula is C16H19ClO3. The molecule has 0 heterocycles. The van der Waals surface area contributed by atoms with E-state index in [1.54, 1.807) is 0 Å². The van der Waals surface area contributed by atoms with Crippen molar-refractivity contribution in [3.05, 3.63) is 33.8 Å². The highest BCUT2D eigenvalue weighted by atomic mass is 35.5. The quantitative estimate of drug-likeness (QED) is 0.878. The number of aliphatic carboxylic acids is 1. The van der Waals surface area contributed by atoms with Crippen LogP contribution in [-0.2, 0) is 11.2 Å². The van der Waals surface area contributed by atoms with E-state index in [2.05, 4.69) is 6.07 Å². The van der Waals surface area contributed by atoms with Gasteiger partial charge in [-0.3, -0.25) is 4.79 Å². The van der Waals surface area contributed by atoms with Crippen LogP contribution in [0.15, 0.2) is 12.1 Å². The molecule has 20 heavy (non-hydrogen) atoms. The van der Waals surface area contributed by atoms with Crippen LogP contribution in [0.5, 0.6) is 0 Å². The lowest BCUT2D eigenvalue weighted by Gasteiger charge is -2.27. The van der Waals surface area contributed by atoms with Crippen molar-refractivity contribution in [2.45, 2.75) is 56.5 Å². The molecule has 2 aliphatic carbocycles. The van der Waals surface area contributed by atoms with Gasteiger partial charge in [-0.2, -0.15) is 0 Å². The summed E-state index contributed by atoms with van der Waals surface area (Å²) in [6.45, 7) is 0. The molecule has 0 unspecified atom stereocenters. The maximum atomic E-state index is 11.2. The zero-order chi connectivity index (χ0) is 14.3. The number of hydrogen-bond acceptors (Lipinski definition) is 2. The molecule has 0 spiro atoms. The number of carboxylic acid groups (broad SMARTS) is 1. The predicted molar refractivity (Wildman–Crippen MR) is 77.4 cm³/mol. The number of aliphatic hydroxyl groups is 1. The van der Waals surface area contributed by atoms with Crippen molar-refractivity contribution in [3.63, 3.8) is 0 Å². The fourth-order valence-corrected chi connectivity index (χ4v) is 3.93. The summed E-state index contributed by atoms with van der Waals surface area (Å²) >= 11 is 6.39. The van der Waals surface area contributed by atoms with Crippen molar-refractivity contribution < 1.29 is 15.0 Å². The normalized spacial score (nSPS) is 29.2. The van der Waals surface area contributed by atoms with Crippen LogP contribution >= 0.6 is 11.6 Å². The number of hydrogen-bond donors (Lipinski definition) is 2. The third-order valence-corrected chi connectivity index (χ3v) is 5.10. The Hall–Kier alpha value is -1.06. The molecule has 2 aliphatic rings. The molecule has 4 heteroatoms. The summed E-state index contributed by atoms with van der Waals surface area (Å²) in [6.07, 6.45) is 4.91. The summed E-state index contributed by atoms with van der Waals surface area (Å²) in [5.74, 6) is -0.752. The van der Waals surface area contributed by atoms with E-state index < -0.39 is 11.9 Å². The number of aliphatic hydroxyl groups excluding tert-OH is 1. The van der Waals surface area contributed by atoms with Gasteiger partial charge in [0.05, 0.1) is 12.0 Å². The van der Waals surface area contributed by atoms with E-state index in [1.807, 2.05) is 6.07 Å². The summed E-state index contributed by atoms with van der Waals surface area (Å²) in [5, 5.41) is 19.5. The van der Waals surface area contributed by atoms with E-state index in [-0.39, 0.29) is 6.10 Å². The third-order valence-electron chi connectivity index (χ3n) is 4.77. The van der Waals surface area contributed by atoms with Crippen molar-refractivity contribution in [1.29, 1.82) is 0 Å². The third kappa shape index (κ3) is 2.45. The first-order chi connectivity index (χ1) is 9.56. The second-order valence-corrected chi connectivity index (χ2v) is 6.41. The zero-order valence-corrected chi connectivity index (χ0v) is 12.1. The van der Waals surface area contributed by atoms with Gasteiger partial charge in [-0.05, 0) is 67.2 Å². The molecule has 0 amide bonds. The van der Waals surface area contributed by atoms with Gasteiger partial charge in [0, 0.05) is 5.02 Å². The smallest absolute Gasteiger partial charge is 0.310 e. The average Bonchev–Trinajstić information content (AvgIpc) is 2.81. The highest BCUT2D eigenvalue weighted by Crippen LogP contribution is 2.42. The maximum Gasteiger partial charge on any atom is 0.310 e. The number of rotatable bonds is 2. The van der Waals surface area contributed by atoms with E-state index in [1.165, 1.54) is 0 Å². The van der Waals surface area contributed by atoms with Crippen molar-refractivity contribution in [3.8, 4) is 0 Å². The number of aryl methyl sites for hydroxylation is 1. The van der Waals surface area contributed by atoms with Crippen LogP contribution in [0.4, 0.5) is 0 Å². The predicted octanol–water partition coefficient (Wildman–Crippen LogP) is 3.47. The van der Waals surface area contributed by atoms with Crippen molar-refractivity contribution in [2.75, 3.05) is 0 Å². The molecule has 1 saturated carbocycles. The van der Waals surface area contributed by atoms with Crippen molar-refractivity contribution in [2.24, 2.45) is 0 Å². The summed E-state index contributed by atoms with van der Waals surface area (Å²) in [5.41, 5.74) is 3.17. The summed E-state index contributed by atoms with van der Waals surface area (Å²) in [6, 6.07) is 3.98. The van der Waals surface area contributed by atoms with E-state index >= 15 is 0 Å². The minimum absolute atomic E-state index is 0.171. The number of fused-ring (bicyclic) bond motifs is 1. The first kappa shape index (κ1) is 13.9. The Kier molecular flexibility index (Phi) is 3.74. The number of halogens is 1. The molecular weight excluding hydrogens is 276 g/mol. The van der Waals surface area contributed by atoms with E-state index in [9.17, 15) is 15.0 Å². The molecule has 0 bridgehead atoms. The van der Waals surface area contributed by atoms with Gasteiger partial charge in [-0.15, -0.1) is 0 Å². The second-order valence-electron chi connectivity index (χ2n) is 6.01. The minimum Gasteiger partial charge on any atom is -0.481 e. The molecule has 1 fully saturated rings. The van der Waals surface area contributed by atoms with E-state index in [4.69, 9.17) is 11.6 Å². The van der Waals surface area contributed by atoms with Gasteiger partial charge >= 0.3 is 5.97 Å². The van der Waals surface area contributed by atoms with E-state index in [0.29, 0.717) is 17.4 Å². The molecule has 1 aromatic carbocycles. The average molecular weight is 295 g/mol. The van der Waals surface area contributed by atoms with Gasteiger partial charge in [-0.25, -0.2) is 0 Å². The van der Waals surface area contributed by atoms with Crippen LogP contribution in [0.25, 0.3) is 0 Å². The fourth-order valence-electron chi connectivity index (χ4n) is 3.60. The molecule has 0 radical (unpaired) electrons. The molecule has 2 N–H and O–H groups in total. The number of carbonyl (C=O) groups is 1. The Bertz CT molecular complexity index is 533. The van der Waals surface area contributed by atoms with E-state index in [0.717, 1.165) is 48.8 Å². The molecule has 0 aliphatic heterocycles. The molecule has 0 saturated heterocycles. The summed E-state index contributed by atoms with van der Waals surface area (Å²) in [7, 11) is 0. The lowest BCUT2D eigenvalue weighted by Crippen LogP contribution is -2.17. The highest BCUT2D eigenvalue weighted by Gasteiger charge is 2.31. The first-order valence-electron chi connectivity index (χ1n) is 7.29. The Morgan fingerprint density at radius 3 is 2.45 bits per heavy atom. The largest absolute Gasteiger partial charge is 0.481 e. The van der Waals surface area contributed by atoms with Gasteiger partial charge in [0.25, 0.3) is 0 Å². The fraction of sp³-hybridized carbons (Fsp3) is 0.562. The van der Waals surface area contributed by atoms with Crippen LogP contribution in [0.3, 0.4) is 0 Å². The number of benzene rings is 1. The van der Waals surface area contributed by atoms with Gasteiger partial charge in [0.2, 0.25) is 0 Å². The van der Waals surface area contributed by atoms with Crippen LogP contribution in [0, 0.1) is 0 Å². The molecule has 1 aromatic rings.